The summed E-state index contributed by atoms with van der Waals surface area (Å²) in [6.07, 6.45) is 7.29. The lowest BCUT2D eigenvalue weighted by Crippen LogP contribution is -2.48. The molecule has 6 heterocycles. The summed E-state index contributed by atoms with van der Waals surface area (Å²) in [5, 5.41) is 26.3. The van der Waals surface area contributed by atoms with E-state index in [2.05, 4.69) is 20.4 Å². The first-order chi connectivity index (χ1) is 30.0. The van der Waals surface area contributed by atoms with Crippen molar-refractivity contribution in [3.8, 4) is 0 Å². The quantitative estimate of drug-likeness (QED) is 0.161. The van der Waals surface area contributed by atoms with Gasteiger partial charge in [-0.2, -0.15) is 0 Å². The van der Waals surface area contributed by atoms with Gasteiger partial charge in [0, 0.05) is 85.6 Å². The Morgan fingerprint density at radius 1 is 0.629 bits per heavy atom. The molecule has 4 aliphatic heterocycles. The Kier molecular flexibility index (Phi) is 13.8. The van der Waals surface area contributed by atoms with Crippen molar-refractivity contribution in [2.45, 2.75) is 78.0 Å². The number of fused-ring (bicyclic) bond motifs is 6. The Labute approximate surface area is 360 Å². The number of hydrogen-bond donors (Lipinski definition) is 4. The van der Waals surface area contributed by atoms with Crippen LogP contribution in [0.5, 0.6) is 0 Å². The Morgan fingerprint density at radius 3 is 1.32 bits per heavy atom. The van der Waals surface area contributed by atoms with Gasteiger partial charge in [-0.15, -0.1) is 0 Å². The summed E-state index contributed by atoms with van der Waals surface area (Å²) in [5.74, 6) is -1.52. The Bertz CT molecular complexity index is 2260. The van der Waals surface area contributed by atoms with Crippen molar-refractivity contribution in [1.82, 2.24) is 29.6 Å². The second-order valence-corrected chi connectivity index (χ2v) is 16.4. The first-order valence-corrected chi connectivity index (χ1v) is 21.5. The minimum absolute atomic E-state index is 0.0138. The highest BCUT2D eigenvalue weighted by atomic mass is 19.1. The van der Waals surface area contributed by atoms with Crippen molar-refractivity contribution in [1.29, 1.82) is 0 Å². The number of aliphatic hydroxyl groups is 2. The maximum Gasteiger partial charge on any atom is 0.258 e. The van der Waals surface area contributed by atoms with Crippen LogP contribution in [0.15, 0.2) is 94.5 Å². The molecule has 0 saturated carbocycles. The molecule has 0 radical (unpaired) electrons. The highest BCUT2D eigenvalue weighted by Crippen LogP contribution is 2.50. The van der Waals surface area contributed by atoms with E-state index in [0.29, 0.717) is 50.4 Å². The highest BCUT2D eigenvalue weighted by molar-refractivity contribution is 5.83. The summed E-state index contributed by atoms with van der Waals surface area (Å²) in [6, 6.07) is 18.5. The van der Waals surface area contributed by atoms with Gasteiger partial charge in [0.05, 0.1) is 24.2 Å². The lowest BCUT2D eigenvalue weighted by Gasteiger charge is -2.29. The maximum atomic E-state index is 13.2. The molecule has 0 bridgehead atoms. The summed E-state index contributed by atoms with van der Waals surface area (Å²) < 4.78 is 29.8. The van der Waals surface area contributed by atoms with Gasteiger partial charge in [0.1, 0.15) is 11.6 Å². The fourth-order valence-corrected chi connectivity index (χ4v) is 10.4. The SMILES string of the molecule is C/C=C/c1ccc2n(c1=O)C[C@@H]1[C@@H](CO)[C@H](C(=O)NCc3ccc(F)cc3)N(CC)[C@H]21.C/C=C\c1ccc2n(c1=O)C[C@@H]1[C@@H](CO)[C@H](C(=O)NCc3ccc(F)cc3)N(CC)[C@H]21. The molecule has 4 aromatic rings. The molecule has 2 saturated heterocycles. The first-order valence-electron chi connectivity index (χ1n) is 21.5. The number of likely N-dealkylation sites (tertiary alicyclic amines) is 2. The molecule has 2 fully saturated rings. The summed E-state index contributed by atoms with van der Waals surface area (Å²) in [4.78, 5) is 56.3. The zero-order valence-corrected chi connectivity index (χ0v) is 35.6. The third-order valence-electron chi connectivity index (χ3n) is 13.2. The summed E-state index contributed by atoms with van der Waals surface area (Å²) in [6.45, 7) is 10.3. The zero-order chi connectivity index (χ0) is 44.2. The first kappa shape index (κ1) is 44.5. The third-order valence-corrected chi connectivity index (χ3v) is 13.2. The van der Waals surface area contributed by atoms with Crippen molar-refractivity contribution >= 4 is 24.0 Å². The molecule has 0 aliphatic carbocycles. The lowest BCUT2D eigenvalue weighted by molar-refractivity contribution is -0.128. The molecular weight excluding hydrogens is 795 g/mol. The van der Waals surface area contributed by atoms with E-state index >= 15 is 0 Å². The summed E-state index contributed by atoms with van der Waals surface area (Å²) in [5.41, 5.74) is 4.64. The fourth-order valence-electron chi connectivity index (χ4n) is 10.4. The monoisotopic (exact) mass is 850 g/mol. The van der Waals surface area contributed by atoms with Crippen molar-refractivity contribution in [3.63, 3.8) is 0 Å². The van der Waals surface area contributed by atoms with Crippen LogP contribution in [0.3, 0.4) is 0 Å². The number of amides is 2. The number of likely N-dealkylation sites (N-methyl/N-ethyl adjacent to an activating group) is 2. The second-order valence-electron chi connectivity index (χ2n) is 16.4. The number of nitrogens with one attached hydrogen (secondary N) is 2. The predicted octanol–water partition coefficient (Wildman–Crippen LogP) is 4.64. The molecule has 4 N–H and O–H groups in total. The van der Waals surface area contributed by atoms with Crippen molar-refractivity contribution in [2.24, 2.45) is 23.7 Å². The van der Waals surface area contributed by atoms with Gasteiger partial charge in [0.15, 0.2) is 0 Å². The van der Waals surface area contributed by atoms with Crippen LogP contribution in [-0.2, 0) is 35.8 Å². The largest absolute Gasteiger partial charge is 0.396 e. The van der Waals surface area contributed by atoms with Crippen LogP contribution >= 0.6 is 0 Å². The second kappa shape index (κ2) is 19.2. The van der Waals surface area contributed by atoms with E-state index in [0.717, 1.165) is 22.5 Å². The molecule has 8 rings (SSSR count). The third kappa shape index (κ3) is 8.36. The molecule has 328 valence electrons. The van der Waals surface area contributed by atoms with Gasteiger partial charge >= 0.3 is 0 Å². The molecule has 62 heavy (non-hydrogen) atoms. The molecule has 2 amide bonds. The number of carbonyl (C=O) groups is 2. The highest BCUT2D eigenvalue weighted by Gasteiger charge is 2.56. The molecule has 2 aromatic carbocycles. The zero-order valence-electron chi connectivity index (χ0n) is 35.6. The van der Waals surface area contributed by atoms with Crippen LogP contribution in [0, 0.1) is 35.3 Å². The van der Waals surface area contributed by atoms with Crippen molar-refractivity contribution in [2.75, 3.05) is 26.3 Å². The molecular formula is C48H56F2N6O6. The van der Waals surface area contributed by atoms with Gasteiger partial charge in [0.2, 0.25) is 11.8 Å². The number of benzene rings is 2. The van der Waals surface area contributed by atoms with Crippen LogP contribution in [0.2, 0.25) is 0 Å². The molecule has 12 nitrogen and oxygen atoms in total. The topological polar surface area (TPSA) is 149 Å². The average molecular weight is 851 g/mol. The van der Waals surface area contributed by atoms with Gasteiger partial charge in [-0.05, 0) is 86.6 Å². The number of hydrogen-bond acceptors (Lipinski definition) is 8. The van der Waals surface area contributed by atoms with Crippen molar-refractivity contribution < 1.29 is 28.6 Å². The van der Waals surface area contributed by atoms with Gasteiger partial charge in [-0.3, -0.25) is 29.0 Å². The number of aromatic nitrogens is 2. The van der Waals surface area contributed by atoms with Gasteiger partial charge in [0.25, 0.3) is 11.1 Å². The van der Waals surface area contributed by atoms with Crippen LogP contribution in [0.4, 0.5) is 8.78 Å². The predicted molar refractivity (Wildman–Crippen MR) is 233 cm³/mol. The molecule has 14 heteroatoms. The average Bonchev–Trinajstić information content (AvgIpc) is 4.02. The number of carbonyl (C=O) groups excluding carboxylic acids is 2. The fraction of sp³-hybridized carbons (Fsp3) is 0.417. The van der Waals surface area contributed by atoms with Crippen LogP contribution in [-0.4, -0.2) is 79.3 Å². The van der Waals surface area contributed by atoms with E-state index < -0.39 is 12.1 Å². The number of allylic oxidation sites excluding steroid dienone is 2. The Hall–Kier alpha value is -5.54. The molecule has 4 aliphatic rings. The molecule has 0 spiro atoms. The number of pyridine rings is 2. The van der Waals surface area contributed by atoms with Crippen LogP contribution in [0.1, 0.15) is 73.4 Å². The van der Waals surface area contributed by atoms with Gasteiger partial charge < -0.3 is 30.0 Å². The minimum Gasteiger partial charge on any atom is -0.396 e. The van der Waals surface area contributed by atoms with E-state index in [1.165, 1.54) is 24.3 Å². The van der Waals surface area contributed by atoms with E-state index in [-0.39, 0.29) is 83.5 Å². The number of halogens is 2. The van der Waals surface area contributed by atoms with E-state index in [1.54, 1.807) is 45.6 Å². The minimum atomic E-state index is -0.482. The lowest BCUT2D eigenvalue weighted by atomic mass is 9.88. The van der Waals surface area contributed by atoms with Gasteiger partial charge in [-0.1, -0.05) is 62.4 Å². The molecule has 0 unspecified atom stereocenters. The van der Waals surface area contributed by atoms with Gasteiger partial charge in [-0.25, -0.2) is 8.78 Å². The van der Waals surface area contributed by atoms with Crippen molar-refractivity contribution in [3.05, 3.63) is 151 Å². The standard InChI is InChI=1S/2C24H28FN3O3/c2*1-3-5-16-8-11-20-21-18(13-28(20)24(16)31)19(14-29)22(27(21)4-2)23(30)26-12-15-6-9-17(25)10-7-15/h2*3,5-11,18-19,21-22,29H,4,12-14H2,1-2H3,(H,26,30)/b5-3+;5-3-/t2*18-,19-,21+,22-/m11/s1. The molecule has 2 aromatic heterocycles. The smallest absolute Gasteiger partial charge is 0.258 e. The summed E-state index contributed by atoms with van der Waals surface area (Å²) in [7, 11) is 0. The molecule has 8 atom stereocenters. The van der Waals surface area contributed by atoms with Crippen LogP contribution in [0.25, 0.3) is 12.2 Å². The van der Waals surface area contributed by atoms with E-state index in [1.807, 2.05) is 64.1 Å². The Balaban J connectivity index is 0.000000186. The maximum absolute atomic E-state index is 13.2. The number of rotatable bonds is 12. The summed E-state index contributed by atoms with van der Waals surface area (Å²) >= 11 is 0. The Morgan fingerprint density at radius 2 is 1.00 bits per heavy atom. The normalized spacial score (nSPS) is 25.0. The van der Waals surface area contributed by atoms with Crippen LogP contribution < -0.4 is 21.8 Å². The number of aliphatic hydroxyl groups excluding tert-OH is 2. The number of nitrogens with zero attached hydrogens (tertiary/aromatic N) is 4. The van der Waals surface area contributed by atoms with E-state index in [4.69, 9.17) is 0 Å². The van der Waals surface area contributed by atoms with E-state index in [9.17, 15) is 38.2 Å².